The molecule has 0 aliphatic rings. The maximum Gasteiger partial charge on any atom is 0.226 e. The van der Waals surface area contributed by atoms with Gasteiger partial charge in [0.15, 0.2) is 0 Å². The van der Waals surface area contributed by atoms with E-state index < -0.39 is 0 Å². The second kappa shape index (κ2) is 7.14. The Labute approximate surface area is 115 Å². The zero-order valence-corrected chi connectivity index (χ0v) is 12.1. The highest BCUT2D eigenvalue weighted by molar-refractivity contribution is 5.78. The summed E-state index contributed by atoms with van der Waals surface area (Å²) < 4.78 is 0. The molecule has 0 bridgehead atoms. The third-order valence-corrected chi connectivity index (χ3v) is 3.41. The van der Waals surface area contributed by atoms with E-state index in [-0.39, 0.29) is 11.9 Å². The first-order chi connectivity index (χ1) is 8.90. The second-order valence-corrected chi connectivity index (χ2v) is 5.43. The molecular weight excluding hydrogens is 238 g/mol. The number of hydrogen-bond acceptors (Lipinski definition) is 3. The molecule has 0 radical (unpaired) electrons. The lowest BCUT2D eigenvalue weighted by atomic mass is 10.0. The van der Waals surface area contributed by atoms with Gasteiger partial charge in [0, 0.05) is 25.3 Å². The van der Waals surface area contributed by atoms with Gasteiger partial charge in [-0.1, -0.05) is 26.0 Å². The maximum absolute atomic E-state index is 12.0. The van der Waals surface area contributed by atoms with Crippen molar-refractivity contribution < 1.29 is 4.79 Å². The smallest absolute Gasteiger partial charge is 0.226 e. The van der Waals surface area contributed by atoms with Crippen LogP contribution < -0.4 is 11.5 Å². The molecule has 1 atom stereocenters. The number of amides is 1. The lowest BCUT2D eigenvalue weighted by molar-refractivity contribution is -0.129. The number of nitrogens with zero attached hydrogens (tertiary/aromatic N) is 1. The first-order valence-corrected chi connectivity index (χ1v) is 6.74. The van der Waals surface area contributed by atoms with Crippen LogP contribution in [0.5, 0.6) is 0 Å². The van der Waals surface area contributed by atoms with E-state index in [1.807, 2.05) is 31.3 Å². The fourth-order valence-electron chi connectivity index (χ4n) is 1.75. The summed E-state index contributed by atoms with van der Waals surface area (Å²) in [5.74, 6) is 0.557. The Morgan fingerprint density at radius 1 is 1.26 bits per heavy atom. The summed E-state index contributed by atoms with van der Waals surface area (Å²) in [6.45, 7) is 4.90. The van der Waals surface area contributed by atoms with Gasteiger partial charge in [-0.15, -0.1) is 0 Å². The van der Waals surface area contributed by atoms with Gasteiger partial charge in [-0.2, -0.15) is 0 Å². The van der Waals surface area contributed by atoms with Crippen molar-refractivity contribution in [3.05, 3.63) is 29.8 Å². The number of anilines is 1. The van der Waals surface area contributed by atoms with E-state index in [1.54, 1.807) is 4.90 Å². The van der Waals surface area contributed by atoms with Crippen LogP contribution in [-0.4, -0.2) is 30.4 Å². The van der Waals surface area contributed by atoms with E-state index >= 15 is 0 Å². The lowest BCUT2D eigenvalue weighted by Crippen LogP contribution is -2.35. The van der Waals surface area contributed by atoms with Crippen LogP contribution in [0.15, 0.2) is 24.3 Å². The molecule has 1 rings (SSSR count). The van der Waals surface area contributed by atoms with Crippen LogP contribution in [0, 0.1) is 5.92 Å². The molecule has 0 heterocycles. The minimum absolute atomic E-state index is 0.112. The van der Waals surface area contributed by atoms with Gasteiger partial charge in [-0.3, -0.25) is 4.79 Å². The minimum Gasteiger partial charge on any atom is -0.399 e. The molecular formula is C15H25N3O. The maximum atomic E-state index is 12.0. The van der Waals surface area contributed by atoms with Crippen molar-refractivity contribution in [2.75, 3.05) is 19.3 Å². The number of benzene rings is 1. The van der Waals surface area contributed by atoms with Crippen LogP contribution in [0.1, 0.15) is 25.8 Å². The van der Waals surface area contributed by atoms with E-state index in [4.69, 9.17) is 11.5 Å². The van der Waals surface area contributed by atoms with Crippen LogP contribution in [-0.2, 0) is 11.2 Å². The summed E-state index contributed by atoms with van der Waals surface area (Å²) in [7, 11) is 1.83. The SMILES string of the molecule is CC(C)C(N)CCN(C)C(=O)Cc1ccc(N)cc1. The molecule has 0 spiro atoms. The molecule has 1 aromatic rings. The summed E-state index contributed by atoms with van der Waals surface area (Å²) in [6.07, 6.45) is 1.25. The highest BCUT2D eigenvalue weighted by atomic mass is 16.2. The van der Waals surface area contributed by atoms with Crippen molar-refractivity contribution >= 4 is 11.6 Å². The molecule has 1 amide bonds. The highest BCUT2D eigenvalue weighted by Crippen LogP contribution is 2.08. The Hall–Kier alpha value is -1.55. The van der Waals surface area contributed by atoms with Gasteiger partial charge in [0.2, 0.25) is 5.91 Å². The fourth-order valence-corrected chi connectivity index (χ4v) is 1.75. The van der Waals surface area contributed by atoms with E-state index in [1.165, 1.54) is 0 Å². The number of likely N-dealkylation sites (N-methyl/N-ethyl adjacent to an activating group) is 1. The molecule has 4 N–H and O–H groups in total. The van der Waals surface area contributed by atoms with Crippen molar-refractivity contribution in [1.82, 2.24) is 4.90 Å². The van der Waals surface area contributed by atoms with E-state index in [0.717, 1.165) is 12.0 Å². The van der Waals surface area contributed by atoms with Crippen LogP contribution in [0.3, 0.4) is 0 Å². The standard InChI is InChI=1S/C15H25N3O/c1-11(2)14(17)8-9-18(3)15(19)10-12-4-6-13(16)7-5-12/h4-7,11,14H,8-10,16-17H2,1-3H3. The van der Waals surface area contributed by atoms with Gasteiger partial charge in [0.1, 0.15) is 0 Å². The Morgan fingerprint density at radius 2 is 1.84 bits per heavy atom. The number of hydrogen-bond donors (Lipinski definition) is 2. The molecule has 106 valence electrons. The van der Waals surface area contributed by atoms with Crippen LogP contribution in [0.2, 0.25) is 0 Å². The van der Waals surface area contributed by atoms with Crippen molar-refractivity contribution in [2.24, 2.45) is 11.7 Å². The van der Waals surface area contributed by atoms with Gasteiger partial charge in [-0.25, -0.2) is 0 Å². The van der Waals surface area contributed by atoms with Crippen LogP contribution >= 0.6 is 0 Å². The monoisotopic (exact) mass is 263 g/mol. The van der Waals surface area contributed by atoms with Gasteiger partial charge in [0.05, 0.1) is 6.42 Å². The van der Waals surface area contributed by atoms with Crippen LogP contribution in [0.4, 0.5) is 5.69 Å². The minimum atomic E-state index is 0.112. The number of nitrogen functional groups attached to an aromatic ring is 1. The average Bonchev–Trinajstić information content (AvgIpc) is 2.37. The van der Waals surface area contributed by atoms with Crippen molar-refractivity contribution in [3.63, 3.8) is 0 Å². The zero-order chi connectivity index (χ0) is 14.4. The van der Waals surface area contributed by atoms with E-state index in [9.17, 15) is 4.79 Å². The van der Waals surface area contributed by atoms with Gasteiger partial charge in [0.25, 0.3) is 0 Å². The predicted molar refractivity (Wildman–Crippen MR) is 79.6 cm³/mol. The Morgan fingerprint density at radius 3 is 2.37 bits per heavy atom. The summed E-state index contributed by atoms with van der Waals surface area (Å²) in [4.78, 5) is 13.8. The van der Waals surface area contributed by atoms with Crippen molar-refractivity contribution in [3.8, 4) is 0 Å². The molecule has 1 aromatic carbocycles. The number of carbonyl (C=O) groups excluding carboxylic acids is 1. The molecule has 0 aliphatic heterocycles. The quantitative estimate of drug-likeness (QED) is 0.766. The summed E-state index contributed by atoms with van der Waals surface area (Å²) in [5, 5.41) is 0. The van der Waals surface area contributed by atoms with Gasteiger partial charge in [-0.05, 0) is 30.0 Å². The zero-order valence-electron chi connectivity index (χ0n) is 12.1. The summed E-state index contributed by atoms with van der Waals surface area (Å²) in [6, 6.07) is 7.56. The Kier molecular flexibility index (Phi) is 5.83. The van der Waals surface area contributed by atoms with Gasteiger partial charge >= 0.3 is 0 Å². The van der Waals surface area contributed by atoms with Gasteiger partial charge < -0.3 is 16.4 Å². The molecule has 4 heteroatoms. The molecule has 19 heavy (non-hydrogen) atoms. The second-order valence-electron chi connectivity index (χ2n) is 5.43. The first kappa shape index (κ1) is 15.5. The molecule has 0 saturated heterocycles. The van der Waals surface area contributed by atoms with Crippen molar-refractivity contribution in [2.45, 2.75) is 32.7 Å². The molecule has 0 aromatic heterocycles. The fraction of sp³-hybridized carbons (Fsp3) is 0.533. The number of nitrogens with two attached hydrogens (primary N) is 2. The third-order valence-electron chi connectivity index (χ3n) is 3.41. The highest BCUT2D eigenvalue weighted by Gasteiger charge is 2.13. The molecule has 0 fully saturated rings. The topological polar surface area (TPSA) is 72.3 Å². The molecule has 0 saturated carbocycles. The third kappa shape index (κ3) is 5.30. The predicted octanol–water partition coefficient (Wildman–Crippen LogP) is 1.64. The van der Waals surface area contributed by atoms with E-state index in [2.05, 4.69) is 13.8 Å². The van der Waals surface area contributed by atoms with E-state index in [0.29, 0.717) is 24.6 Å². The molecule has 0 aliphatic carbocycles. The number of rotatable bonds is 6. The first-order valence-electron chi connectivity index (χ1n) is 6.74. The average molecular weight is 263 g/mol. The number of carbonyl (C=O) groups is 1. The summed E-state index contributed by atoms with van der Waals surface area (Å²) in [5.41, 5.74) is 13.3. The van der Waals surface area contributed by atoms with Crippen LogP contribution in [0.25, 0.3) is 0 Å². The largest absolute Gasteiger partial charge is 0.399 e. The molecule has 1 unspecified atom stereocenters. The molecule has 4 nitrogen and oxygen atoms in total. The summed E-state index contributed by atoms with van der Waals surface area (Å²) >= 11 is 0. The Bertz CT molecular complexity index is 400. The lowest BCUT2D eigenvalue weighted by Gasteiger charge is -2.21. The van der Waals surface area contributed by atoms with Crippen molar-refractivity contribution in [1.29, 1.82) is 0 Å². The normalized spacial score (nSPS) is 12.5. The Balaban J connectivity index is 2.42.